The predicted octanol–water partition coefficient (Wildman–Crippen LogP) is 0.140. The number of aromatic nitrogens is 3. The molecular formula is C10H17N5OS. The van der Waals surface area contributed by atoms with Gasteiger partial charge in [0, 0.05) is 5.75 Å². The Morgan fingerprint density at radius 3 is 3.00 bits per heavy atom. The summed E-state index contributed by atoms with van der Waals surface area (Å²) < 4.78 is 0. The maximum atomic E-state index is 11.8. The number of likely N-dealkylation sites (N-methyl/N-ethyl adjacent to an activating group) is 1. The normalized spacial score (nSPS) is 18.9. The van der Waals surface area contributed by atoms with Crippen LogP contribution in [-0.4, -0.2) is 38.9 Å². The maximum Gasteiger partial charge on any atom is 0.238 e. The van der Waals surface area contributed by atoms with Crippen LogP contribution in [0.5, 0.6) is 0 Å². The first-order valence-corrected chi connectivity index (χ1v) is 6.70. The molecule has 94 valence electrons. The molecule has 1 atom stereocenters. The van der Waals surface area contributed by atoms with Crippen LogP contribution in [0.3, 0.4) is 0 Å². The molecule has 1 unspecified atom stereocenters. The molecule has 0 radical (unpaired) electrons. The summed E-state index contributed by atoms with van der Waals surface area (Å²) in [5.41, 5.74) is 4.97. The van der Waals surface area contributed by atoms with Crippen molar-refractivity contribution in [2.45, 2.75) is 30.5 Å². The highest BCUT2D eigenvalue weighted by Gasteiger charge is 2.49. The van der Waals surface area contributed by atoms with Gasteiger partial charge in [-0.3, -0.25) is 9.89 Å². The van der Waals surface area contributed by atoms with Gasteiger partial charge in [0.1, 0.15) is 11.9 Å². The fraction of sp³-hybridized carbons (Fsp3) is 0.700. The van der Waals surface area contributed by atoms with Gasteiger partial charge in [0.05, 0.1) is 0 Å². The van der Waals surface area contributed by atoms with Gasteiger partial charge in [0.25, 0.3) is 0 Å². The van der Waals surface area contributed by atoms with Gasteiger partial charge in [-0.1, -0.05) is 18.7 Å². The first-order chi connectivity index (χ1) is 8.19. The van der Waals surface area contributed by atoms with E-state index < -0.39 is 5.54 Å². The van der Waals surface area contributed by atoms with E-state index in [1.54, 1.807) is 0 Å². The van der Waals surface area contributed by atoms with Gasteiger partial charge in [0.2, 0.25) is 5.91 Å². The number of carbonyl (C=O) groups is 1. The number of thioether (sulfide) groups is 1. The highest BCUT2D eigenvalue weighted by Crippen LogP contribution is 2.41. The van der Waals surface area contributed by atoms with Crippen molar-refractivity contribution in [3.8, 4) is 0 Å². The Labute approximate surface area is 104 Å². The fourth-order valence-corrected chi connectivity index (χ4v) is 3.09. The predicted molar refractivity (Wildman–Crippen MR) is 65.4 cm³/mol. The second kappa shape index (κ2) is 5.05. The largest absolute Gasteiger partial charge is 0.368 e. The van der Waals surface area contributed by atoms with E-state index in [0.29, 0.717) is 16.8 Å². The average Bonchev–Trinajstić information content (AvgIpc) is 3.02. The van der Waals surface area contributed by atoms with Gasteiger partial charge in [-0.05, 0) is 25.3 Å². The van der Waals surface area contributed by atoms with E-state index in [2.05, 4.69) is 20.5 Å². The number of nitrogens with one attached hydrogen (secondary N) is 2. The minimum Gasteiger partial charge on any atom is -0.368 e. The van der Waals surface area contributed by atoms with E-state index in [0.717, 1.165) is 19.4 Å². The first-order valence-electron chi connectivity index (χ1n) is 5.72. The number of carbonyl (C=O) groups excluding carboxylic acids is 1. The van der Waals surface area contributed by atoms with Crippen molar-refractivity contribution in [2.24, 2.45) is 11.7 Å². The Morgan fingerprint density at radius 1 is 1.76 bits per heavy atom. The molecule has 17 heavy (non-hydrogen) atoms. The number of nitrogens with zero attached hydrogens (tertiary/aromatic N) is 2. The van der Waals surface area contributed by atoms with E-state index in [-0.39, 0.29) is 5.91 Å². The lowest BCUT2D eigenvalue weighted by Gasteiger charge is -2.31. The lowest BCUT2D eigenvalue weighted by Crippen LogP contribution is -2.59. The molecule has 0 bridgehead atoms. The molecular weight excluding hydrogens is 238 g/mol. The van der Waals surface area contributed by atoms with Crippen molar-refractivity contribution < 1.29 is 4.79 Å². The Bertz CT molecular complexity index is 378. The second-order valence-electron chi connectivity index (χ2n) is 4.22. The molecule has 1 aliphatic rings. The summed E-state index contributed by atoms with van der Waals surface area (Å²) in [5, 5.41) is 10.5. The minimum absolute atomic E-state index is 0.270. The molecule has 4 N–H and O–H groups in total. The smallest absolute Gasteiger partial charge is 0.238 e. The summed E-state index contributed by atoms with van der Waals surface area (Å²) >= 11 is 1.48. The monoisotopic (exact) mass is 255 g/mol. The van der Waals surface area contributed by atoms with Gasteiger partial charge in [-0.15, -0.1) is 0 Å². The Kier molecular flexibility index (Phi) is 3.68. The van der Waals surface area contributed by atoms with Gasteiger partial charge >= 0.3 is 0 Å². The summed E-state index contributed by atoms with van der Waals surface area (Å²) in [4.78, 5) is 15.8. The van der Waals surface area contributed by atoms with Crippen LogP contribution in [0.25, 0.3) is 0 Å². The summed E-state index contributed by atoms with van der Waals surface area (Å²) in [6, 6.07) is 0. The lowest BCUT2D eigenvalue weighted by atomic mass is 9.94. The number of amides is 1. The molecule has 0 aliphatic heterocycles. The molecule has 1 amide bonds. The molecule has 2 rings (SSSR count). The van der Waals surface area contributed by atoms with Crippen LogP contribution in [0.4, 0.5) is 0 Å². The molecule has 1 aliphatic carbocycles. The van der Waals surface area contributed by atoms with E-state index in [1.165, 1.54) is 18.1 Å². The topological polar surface area (TPSA) is 96.7 Å². The highest BCUT2D eigenvalue weighted by atomic mass is 32.2. The minimum atomic E-state index is -0.605. The third-order valence-electron chi connectivity index (χ3n) is 3.04. The van der Waals surface area contributed by atoms with Crippen LogP contribution >= 0.6 is 11.8 Å². The quantitative estimate of drug-likeness (QED) is 0.602. The molecule has 1 aromatic heterocycles. The number of primary amides is 1. The number of H-pyrrole nitrogens is 1. The summed E-state index contributed by atoms with van der Waals surface area (Å²) in [6.07, 6.45) is 3.58. The molecule has 1 aromatic rings. The second-order valence-corrected chi connectivity index (χ2v) is 5.18. The molecule has 1 saturated carbocycles. The van der Waals surface area contributed by atoms with Crippen molar-refractivity contribution in [1.82, 2.24) is 20.5 Å². The van der Waals surface area contributed by atoms with Crippen LogP contribution < -0.4 is 11.1 Å². The third kappa shape index (κ3) is 2.61. The molecule has 1 fully saturated rings. The standard InChI is InChI=1S/C10H17N5OS/c1-2-13-10(8(11)16,7-3-4-7)5-17-9-12-6-14-15-9/h6-7,13H,2-5H2,1H3,(H2,11,16)(H,12,14,15). The average molecular weight is 255 g/mol. The van der Waals surface area contributed by atoms with E-state index in [1.807, 2.05) is 6.92 Å². The van der Waals surface area contributed by atoms with Crippen LogP contribution in [0, 0.1) is 5.92 Å². The molecule has 0 aromatic carbocycles. The van der Waals surface area contributed by atoms with Crippen LogP contribution in [-0.2, 0) is 4.79 Å². The zero-order chi connectivity index (χ0) is 12.3. The van der Waals surface area contributed by atoms with Gasteiger partial charge in [-0.25, -0.2) is 4.98 Å². The highest BCUT2D eigenvalue weighted by molar-refractivity contribution is 7.99. The number of hydrogen-bond acceptors (Lipinski definition) is 5. The number of aromatic amines is 1. The lowest BCUT2D eigenvalue weighted by molar-refractivity contribution is -0.124. The van der Waals surface area contributed by atoms with Crippen LogP contribution in [0.1, 0.15) is 19.8 Å². The fourth-order valence-electron chi connectivity index (χ4n) is 2.01. The van der Waals surface area contributed by atoms with Crippen LogP contribution in [0.2, 0.25) is 0 Å². The third-order valence-corrected chi connectivity index (χ3v) is 4.11. The van der Waals surface area contributed by atoms with Gasteiger partial charge in [-0.2, -0.15) is 5.10 Å². The van der Waals surface area contributed by atoms with Crippen molar-refractivity contribution in [3.05, 3.63) is 6.33 Å². The van der Waals surface area contributed by atoms with Crippen LogP contribution in [0.15, 0.2) is 11.5 Å². The van der Waals surface area contributed by atoms with Crippen molar-refractivity contribution in [3.63, 3.8) is 0 Å². The van der Waals surface area contributed by atoms with Crippen molar-refractivity contribution in [2.75, 3.05) is 12.3 Å². The first kappa shape index (κ1) is 12.4. The van der Waals surface area contributed by atoms with E-state index in [9.17, 15) is 4.79 Å². The number of hydrogen-bond donors (Lipinski definition) is 3. The molecule has 0 saturated heterocycles. The van der Waals surface area contributed by atoms with Gasteiger partial charge in [0.15, 0.2) is 5.16 Å². The molecule has 6 nitrogen and oxygen atoms in total. The zero-order valence-electron chi connectivity index (χ0n) is 9.77. The molecule has 0 spiro atoms. The maximum absolute atomic E-state index is 11.8. The number of rotatable bonds is 7. The van der Waals surface area contributed by atoms with E-state index >= 15 is 0 Å². The number of nitrogens with two attached hydrogens (primary N) is 1. The van der Waals surface area contributed by atoms with Gasteiger partial charge < -0.3 is 11.1 Å². The summed E-state index contributed by atoms with van der Waals surface area (Å²) in [5.74, 6) is 0.681. The summed E-state index contributed by atoms with van der Waals surface area (Å²) in [7, 11) is 0. The van der Waals surface area contributed by atoms with Crippen molar-refractivity contribution in [1.29, 1.82) is 0 Å². The molecule has 1 heterocycles. The van der Waals surface area contributed by atoms with E-state index in [4.69, 9.17) is 5.73 Å². The van der Waals surface area contributed by atoms with Crippen molar-refractivity contribution >= 4 is 17.7 Å². The summed E-state index contributed by atoms with van der Waals surface area (Å²) in [6.45, 7) is 2.72. The SMILES string of the molecule is CCNC(CSc1ncn[nH]1)(C(N)=O)C1CC1. The Hall–Kier alpha value is -1.08. The molecule has 7 heteroatoms. The Balaban J connectivity index is 2.06. The zero-order valence-corrected chi connectivity index (χ0v) is 10.6. The Morgan fingerprint density at radius 2 is 2.53 bits per heavy atom.